The van der Waals surface area contributed by atoms with Crippen molar-refractivity contribution < 1.29 is 5.11 Å². The van der Waals surface area contributed by atoms with E-state index >= 15 is 0 Å². The van der Waals surface area contributed by atoms with Crippen LogP contribution in [0.4, 0.5) is 0 Å². The molecule has 2 heteroatoms. The molecule has 0 bridgehead atoms. The summed E-state index contributed by atoms with van der Waals surface area (Å²) < 4.78 is 0. The van der Waals surface area contributed by atoms with Gasteiger partial charge < -0.3 is 10.8 Å². The lowest BCUT2D eigenvalue weighted by atomic mass is 9.97. The van der Waals surface area contributed by atoms with Crippen LogP contribution < -0.4 is 5.73 Å². The van der Waals surface area contributed by atoms with Gasteiger partial charge in [0.1, 0.15) is 5.75 Å². The van der Waals surface area contributed by atoms with Crippen LogP contribution in [0.15, 0.2) is 36.4 Å². The smallest absolute Gasteiger partial charge is 0.123 e. The van der Waals surface area contributed by atoms with Crippen molar-refractivity contribution in [2.24, 2.45) is 5.73 Å². The Morgan fingerprint density at radius 2 is 1.80 bits per heavy atom. The van der Waals surface area contributed by atoms with E-state index < -0.39 is 0 Å². The summed E-state index contributed by atoms with van der Waals surface area (Å²) in [6.45, 7) is 2.06. The first-order valence-corrected chi connectivity index (χ1v) is 5.20. The molecule has 0 heterocycles. The minimum atomic E-state index is 0.0375. The topological polar surface area (TPSA) is 46.2 Å². The molecule has 0 aliphatic carbocycles. The van der Waals surface area contributed by atoms with Crippen molar-refractivity contribution in [3.05, 3.63) is 42.0 Å². The average Bonchev–Trinajstić information content (AvgIpc) is 2.29. The number of fused-ring (bicyclic) bond motifs is 1. The fraction of sp³-hybridized carbons (Fsp3) is 0.231. The molecule has 2 aromatic rings. The highest BCUT2D eigenvalue weighted by Crippen LogP contribution is 2.30. The zero-order chi connectivity index (χ0) is 10.8. The van der Waals surface area contributed by atoms with Gasteiger partial charge in [0.05, 0.1) is 0 Å². The maximum absolute atomic E-state index is 9.71. The minimum Gasteiger partial charge on any atom is -0.507 e. The number of hydrogen-bond donors (Lipinski definition) is 2. The van der Waals surface area contributed by atoms with Gasteiger partial charge in [0.2, 0.25) is 0 Å². The minimum absolute atomic E-state index is 0.0375. The van der Waals surface area contributed by atoms with Crippen molar-refractivity contribution in [3.63, 3.8) is 0 Å². The molecule has 0 aliphatic rings. The van der Waals surface area contributed by atoms with Crippen LogP contribution in [0, 0.1) is 0 Å². The standard InChI is InChI=1S/C13H15NO/c1-2-12(14)10-7-8-13(15)11-6-4-3-5-9(10)11/h3-8,12,15H,2,14H2,1H3. The zero-order valence-electron chi connectivity index (χ0n) is 8.77. The molecule has 0 saturated carbocycles. The van der Waals surface area contributed by atoms with Gasteiger partial charge in [-0.05, 0) is 23.4 Å². The third-order valence-electron chi connectivity index (χ3n) is 2.77. The Bertz CT molecular complexity index is 479. The first-order valence-electron chi connectivity index (χ1n) is 5.20. The summed E-state index contributed by atoms with van der Waals surface area (Å²) in [5.41, 5.74) is 7.13. The maximum Gasteiger partial charge on any atom is 0.123 e. The van der Waals surface area contributed by atoms with Crippen LogP contribution in [-0.4, -0.2) is 5.11 Å². The molecule has 0 aliphatic heterocycles. The molecule has 0 saturated heterocycles. The molecule has 1 unspecified atom stereocenters. The second-order valence-electron chi connectivity index (χ2n) is 3.73. The summed E-state index contributed by atoms with van der Waals surface area (Å²) >= 11 is 0. The Labute approximate surface area is 89.3 Å². The SMILES string of the molecule is CCC(N)c1ccc(O)c2ccccc12. The van der Waals surface area contributed by atoms with Gasteiger partial charge in [-0.2, -0.15) is 0 Å². The number of aromatic hydroxyl groups is 1. The number of benzene rings is 2. The molecule has 2 nitrogen and oxygen atoms in total. The van der Waals surface area contributed by atoms with E-state index in [9.17, 15) is 5.11 Å². The zero-order valence-corrected chi connectivity index (χ0v) is 8.77. The molecule has 0 aromatic heterocycles. The lowest BCUT2D eigenvalue weighted by Crippen LogP contribution is -2.08. The summed E-state index contributed by atoms with van der Waals surface area (Å²) in [6, 6.07) is 11.5. The van der Waals surface area contributed by atoms with E-state index in [4.69, 9.17) is 5.73 Å². The van der Waals surface area contributed by atoms with Crippen molar-refractivity contribution in [1.29, 1.82) is 0 Å². The van der Waals surface area contributed by atoms with E-state index in [1.807, 2.05) is 30.3 Å². The van der Waals surface area contributed by atoms with E-state index in [-0.39, 0.29) is 6.04 Å². The summed E-state index contributed by atoms with van der Waals surface area (Å²) in [7, 11) is 0. The Balaban J connectivity index is 2.71. The Kier molecular flexibility index (Phi) is 2.60. The van der Waals surface area contributed by atoms with E-state index in [0.29, 0.717) is 5.75 Å². The largest absolute Gasteiger partial charge is 0.507 e. The molecule has 3 N–H and O–H groups in total. The van der Waals surface area contributed by atoms with Crippen LogP contribution in [0.1, 0.15) is 24.9 Å². The Morgan fingerprint density at radius 1 is 1.13 bits per heavy atom. The molecule has 2 aromatic carbocycles. The number of rotatable bonds is 2. The van der Waals surface area contributed by atoms with Crippen LogP contribution >= 0.6 is 0 Å². The van der Waals surface area contributed by atoms with Gasteiger partial charge in [0.25, 0.3) is 0 Å². The van der Waals surface area contributed by atoms with Gasteiger partial charge in [-0.3, -0.25) is 0 Å². The van der Waals surface area contributed by atoms with Crippen molar-refractivity contribution in [2.75, 3.05) is 0 Å². The Morgan fingerprint density at radius 3 is 2.47 bits per heavy atom. The molecule has 0 amide bonds. The lowest BCUT2D eigenvalue weighted by Gasteiger charge is -2.13. The molecule has 2 rings (SSSR count). The second-order valence-corrected chi connectivity index (χ2v) is 3.73. The van der Waals surface area contributed by atoms with E-state index in [2.05, 4.69) is 6.92 Å². The van der Waals surface area contributed by atoms with Gasteiger partial charge in [-0.25, -0.2) is 0 Å². The number of nitrogens with two attached hydrogens (primary N) is 1. The number of phenolic OH excluding ortho intramolecular Hbond substituents is 1. The summed E-state index contributed by atoms with van der Waals surface area (Å²) in [6.07, 6.45) is 0.898. The van der Waals surface area contributed by atoms with Gasteiger partial charge in [0, 0.05) is 11.4 Å². The van der Waals surface area contributed by atoms with Gasteiger partial charge in [-0.1, -0.05) is 37.3 Å². The second kappa shape index (κ2) is 3.91. The third kappa shape index (κ3) is 1.68. The molecule has 78 valence electrons. The summed E-state index contributed by atoms with van der Waals surface area (Å²) in [4.78, 5) is 0. The predicted octanol–water partition coefficient (Wildman–Crippen LogP) is 2.96. The fourth-order valence-corrected chi connectivity index (χ4v) is 1.85. The van der Waals surface area contributed by atoms with Crippen molar-refractivity contribution in [3.8, 4) is 5.75 Å². The van der Waals surface area contributed by atoms with E-state index in [1.54, 1.807) is 6.07 Å². The summed E-state index contributed by atoms with van der Waals surface area (Å²) in [5.74, 6) is 0.317. The van der Waals surface area contributed by atoms with Gasteiger partial charge >= 0.3 is 0 Å². The van der Waals surface area contributed by atoms with Crippen LogP contribution in [0.3, 0.4) is 0 Å². The molecule has 0 radical (unpaired) electrons. The normalized spacial score (nSPS) is 12.9. The van der Waals surface area contributed by atoms with Crippen molar-refractivity contribution in [1.82, 2.24) is 0 Å². The van der Waals surface area contributed by atoms with Gasteiger partial charge in [-0.15, -0.1) is 0 Å². The first-order chi connectivity index (χ1) is 7.24. The number of phenols is 1. The van der Waals surface area contributed by atoms with Crippen LogP contribution in [0.2, 0.25) is 0 Å². The van der Waals surface area contributed by atoms with E-state index in [0.717, 1.165) is 22.8 Å². The van der Waals surface area contributed by atoms with Crippen LogP contribution in [-0.2, 0) is 0 Å². The van der Waals surface area contributed by atoms with Crippen molar-refractivity contribution in [2.45, 2.75) is 19.4 Å². The lowest BCUT2D eigenvalue weighted by molar-refractivity contribution is 0.481. The van der Waals surface area contributed by atoms with Crippen LogP contribution in [0.25, 0.3) is 10.8 Å². The quantitative estimate of drug-likeness (QED) is 0.784. The highest BCUT2D eigenvalue weighted by atomic mass is 16.3. The molecule has 15 heavy (non-hydrogen) atoms. The third-order valence-corrected chi connectivity index (χ3v) is 2.77. The maximum atomic E-state index is 9.71. The molecular weight excluding hydrogens is 186 g/mol. The highest BCUT2D eigenvalue weighted by Gasteiger charge is 2.09. The Hall–Kier alpha value is -1.54. The van der Waals surface area contributed by atoms with Gasteiger partial charge in [0.15, 0.2) is 0 Å². The monoisotopic (exact) mass is 201 g/mol. The first kappa shape index (κ1) is 9.99. The number of hydrogen-bond acceptors (Lipinski definition) is 2. The summed E-state index contributed by atoms with van der Waals surface area (Å²) in [5, 5.41) is 11.6. The molecule has 1 atom stereocenters. The highest BCUT2D eigenvalue weighted by molar-refractivity contribution is 5.91. The van der Waals surface area contributed by atoms with Crippen molar-refractivity contribution >= 4 is 10.8 Å². The average molecular weight is 201 g/mol. The molecule has 0 fully saturated rings. The molecule has 0 spiro atoms. The fourth-order valence-electron chi connectivity index (χ4n) is 1.85. The van der Waals surface area contributed by atoms with Crippen LogP contribution in [0.5, 0.6) is 5.75 Å². The van der Waals surface area contributed by atoms with E-state index in [1.165, 1.54) is 0 Å². The predicted molar refractivity (Wildman–Crippen MR) is 62.8 cm³/mol. The molecular formula is C13H15NO.